The fourth-order valence-electron chi connectivity index (χ4n) is 3.17. The molecule has 158 valence electrons. The molecule has 2 N–H and O–H groups in total. The van der Waals surface area contributed by atoms with Gasteiger partial charge >= 0.3 is 6.09 Å². The molecule has 0 bridgehead atoms. The molecule has 1 aromatic carbocycles. The van der Waals surface area contributed by atoms with E-state index in [-0.39, 0.29) is 19.2 Å². The number of pyridine rings is 1. The maximum absolute atomic E-state index is 12.0. The topological polar surface area (TPSA) is 89.3 Å². The minimum atomic E-state index is -0.572. The van der Waals surface area contributed by atoms with Crippen molar-refractivity contribution in [2.45, 2.75) is 59.6 Å². The van der Waals surface area contributed by atoms with Crippen LogP contribution >= 0.6 is 0 Å². The lowest BCUT2D eigenvalue weighted by molar-refractivity contribution is 0.0514. The number of para-hydroxylation sites is 1. The van der Waals surface area contributed by atoms with Gasteiger partial charge in [0.25, 0.3) is 0 Å². The Morgan fingerprint density at radius 1 is 1.24 bits per heavy atom. The van der Waals surface area contributed by atoms with Crippen molar-refractivity contribution in [1.29, 1.82) is 0 Å². The maximum atomic E-state index is 12.0. The lowest BCUT2D eigenvalue weighted by atomic mass is 10.1. The van der Waals surface area contributed by atoms with Crippen molar-refractivity contribution in [1.82, 2.24) is 19.9 Å². The summed E-state index contributed by atoms with van der Waals surface area (Å²) in [6, 6.07) is 7.49. The minimum Gasteiger partial charge on any atom is -0.444 e. The molecule has 2 aromatic heterocycles. The summed E-state index contributed by atoms with van der Waals surface area (Å²) < 4.78 is 7.31. The Bertz CT molecular complexity index is 960. The molecule has 3 aromatic rings. The van der Waals surface area contributed by atoms with Gasteiger partial charge in [0.15, 0.2) is 0 Å². The number of nitrogens with zero attached hydrogens (tertiary/aromatic N) is 3. The van der Waals surface area contributed by atoms with E-state index in [4.69, 9.17) is 4.74 Å². The summed E-state index contributed by atoms with van der Waals surface area (Å²) in [6.45, 7) is 11.6. The lowest BCUT2D eigenvalue weighted by Gasteiger charge is -2.23. The van der Waals surface area contributed by atoms with Gasteiger partial charge in [-0.1, -0.05) is 39.0 Å². The van der Waals surface area contributed by atoms with Gasteiger partial charge in [0.05, 0.1) is 29.9 Å². The molecule has 0 aliphatic heterocycles. The minimum absolute atomic E-state index is 0.134. The number of fused-ring (bicyclic) bond motifs is 3. The summed E-state index contributed by atoms with van der Waals surface area (Å²) in [5.41, 5.74) is 1.99. The Hall–Kier alpha value is -2.67. The molecule has 2 heterocycles. The molecule has 1 amide bonds. The third kappa shape index (κ3) is 5.23. The van der Waals surface area contributed by atoms with Crippen molar-refractivity contribution in [3.63, 3.8) is 0 Å². The Kier molecular flexibility index (Phi) is 7.56. The van der Waals surface area contributed by atoms with E-state index in [0.29, 0.717) is 6.42 Å². The van der Waals surface area contributed by atoms with Crippen molar-refractivity contribution in [3.05, 3.63) is 36.3 Å². The van der Waals surface area contributed by atoms with Gasteiger partial charge in [-0.3, -0.25) is 4.98 Å². The van der Waals surface area contributed by atoms with Gasteiger partial charge in [0.1, 0.15) is 16.9 Å². The Balaban J connectivity index is 0.00000145. The second kappa shape index (κ2) is 9.69. The molecule has 0 unspecified atom stereocenters. The average molecular weight is 401 g/mol. The second-order valence-electron chi connectivity index (χ2n) is 7.48. The number of aliphatic hydroxyl groups is 1. The molecule has 7 heteroatoms. The number of nitrogens with one attached hydrogen (secondary N) is 1. The molecular weight excluding hydrogens is 368 g/mol. The third-order valence-electron chi connectivity index (χ3n) is 4.27. The first kappa shape index (κ1) is 22.6. The summed E-state index contributed by atoms with van der Waals surface area (Å²) in [5.74, 6) is 0.841. The smallest absolute Gasteiger partial charge is 0.407 e. The SMILES string of the molecule is CC.CCc1nc2cnc3ccccc3c2n1[C@H](CO)CNC(=O)OC(C)(C)C. The molecule has 0 fully saturated rings. The van der Waals surface area contributed by atoms with Crippen molar-refractivity contribution < 1.29 is 14.6 Å². The molecular formula is C22H32N4O3. The molecule has 0 saturated carbocycles. The number of benzene rings is 1. The van der Waals surface area contributed by atoms with Crippen molar-refractivity contribution in [2.24, 2.45) is 0 Å². The van der Waals surface area contributed by atoms with Crippen molar-refractivity contribution in [2.75, 3.05) is 13.2 Å². The third-order valence-corrected chi connectivity index (χ3v) is 4.27. The standard InChI is InChI=1S/C20H26N4O3.C2H6/c1-5-17-23-16-11-21-15-9-7-6-8-14(15)18(16)24(17)13(12-25)10-22-19(26)27-20(2,3)4;1-2/h6-9,11,13,25H,5,10,12H2,1-4H3,(H,22,26);1-2H3/t13-;/m0./s1. The zero-order valence-corrected chi connectivity index (χ0v) is 18.2. The van der Waals surface area contributed by atoms with Crippen LogP contribution in [-0.4, -0.2) is 44.5 Å². The largest absolute Gasteiger partial charge is 0.444 e. The first-order valence-electron chi connectivity index (χ1n) is 10.2. The van der Waals surface area contributed by atoms with Crippen LogP contribution in [-0.2, 0) is 11.2 Å². The molecule has 7 nitrogen and oxygen atoms in total. The number of aromatic nitrogens is 3. The predicted molar refractivity (Wildman–Crippen MR) is 116 cm³/mol. The number of ether oxygens (including phenoxy) is 1. The average Bonchev–Trinajstić information content (AvgIpc) is 3.08. The monoisotopic (exact) mass is 400 g/mol. The van der Waals surface area contributed by atoms with Crippen LogP contribution in [0.5, 0.6) is 0 Å². The number of hydrogen-bond acceptors (Lipinski definition) is 5. The van der Waals surface area contributed by atoms with Crippen LogP contribution in [0.15, 0.2) is 30.5 Å². The first-order valence-corrected chi connectivity index (χ1v) is 10.2. The number of aliphatic hydroxyl groups excluding tert-OH is 1. The zero-order chi connectivity index (χ0) is 21.6. The number of hydrogen-bond donors (Lipinski definition) is 2. The van der Waals surface area contributed by atoms with E-state index in [0.717, 1.165) is 27.8 Å². The highest BCUT2D eigenvalue weighted by molar-refractivity contribution is 6.02. The van der Waals surface area contributed by atoms with Crippen LogP contribution in [0.2, 0.25) is 0 Å². The molecule has 0 saturated heterocycles. The van der Waals surface area contributed by atoms with E-state index in [1.165, 1.54) is 0 Å². The van der Waals surface area contributed by atoms with Crippen molar-refractivity contribution in [3.8, 4) is 0 Å². The van der Waals surface area contributed by atoms with E-state index in [2.05, 4.69) is 15.3 Å². The van der Waals surface area contributed by atoms with Gasteiger partial charge in [-0.05, 0) is 26.8 Å². The van der Waals surface area contributed by atoms with Gasteiger partial charge in [-0.2, -0.15) is 0 Å². The Morgan fingerprint density at radius 2 is 1.93 bits per heavy atom. The summed E-state index contributed by atoms with van der Waals surface area (Å²) in [5, 5.41) is 13.8. The highest BCUT2D eigenvalue weighted by Crippen LogP contribution is 2.28. The number of amides is 1. The Labute approximate surface area is 172 Å². The molecule has 0 radical (unpaired) electrons. The number of rotatable bonds is 5. The fraction of sp³-hybridized carbons (Fsp3) is 0.500. The van der Waals surface area contributed by atoms with Crippen LogP contribution in [0.4, 0.5) is 4.79 Å². The summed E-state index contributed by atoms with van der Waals surface area (Å²) in [7, 11) is 0. The molecule has 1 atom stereocenters. The highest BCUT2D eigenvalue weighted by atomic mass is 16.6. The summed E-state index contributed by atoms with van der Waals surface area (Å²) >= 11 is 0. The van der Waals surface area contributed by atoms with Gasteiger partial charge in [0, 0.05) is 18.4 Å². The van der Waals surface area contributed by atoms with Gasteiger partial charge in [-0.15, -0.1) is 0 Å². The van der Waals surface area contributed by atoms with Crippen LogP contribution in [0.25, 0.3) is 21.9 Å². The van der Waals surface area contributed by atoms with Crippen LogP contribution in [0, 0.1) is 0 Å². The number of carbonyl (C=O) groups excluding carboxylic acids is 1. The predicted octanol–water partition coefficient (Wildman–Crippen LogP) is 4.23. The number of imidazole rings is 1. The van der Waals surface area contributed by atoms with Crippen molar-refractivity contribution >= 4 is 28.0 Å². The van der Waals surface area contributed by atoms with Crippen LogP contribution < -0.4 is 5.32 Å². The summed E-state index contributed by atoms with van der Waals surface area (Å²) in [4.78, 5) is 21.2. The molecule has 29 heavy (non-hydrogen) atoms. The van der Waals surface area contributed by atoms with E-state index < -0.39 is 11.7 Å². The Morgan fingerprint density at radius 3 is 2.55 bits per heavy atom. The van der Waals surface area contributed by atoms with Gasteiger partial charge in [0.2, 0.25) is 0 Å². The lowest BCUT2D eigenvalue weighted by Crippen LogP contribution is -2.37. The quantitative estimate of drug-likeness (QED) is 0.669. The molecule has 3 rings (SSSR count). The summed E-state index contributed by atoms with van der Waals surface area (Å²) in [6.07, 6.45) is 1.95. The van der Waals surface area contributed by atoms with Crippen LogP contribution in [0.3, 0.4) is 0 Å². The maximum Gasteiger partial charge on any atom is 0.407 e. The normalized spacial score (nSPS) is 12.4. The van der Waals surface area contributed by atoms with E-state index >= 15 is 0 Å². The van der Waals surface area contributed by atoms with E-state index in [1.54, 1.807) is 6.20 Å². The molecule has 0 aliphatic rings. The van der Waals surface area contributed by atoms with Crippen LogP contribution in [0.1, 0.15) is 53.4 Å². The highest BCUT2D eigenvalue weighted by Gasteiger charge is 2.22. The molecule has 0 aliphatic carbocycles. The molecule has 0 spiro atoms. The second-order valence-corrected chi connectivity index (χ2v) is 7.48. The number of carbonyl (C=O) groups is 1. The van der Waals surface area contributed by atoms with E-state index in [1.807, 2.05) is 70.4 Å². The fourth-order valence-corrected chi connectivity index (χ4v) is 3.17. The first-order chi connectivity index (χ1) is 13.8. The van der Waals surface area contributed by atoms with E-state index in [9.17, 15) is 9.90 Å². The zero-order valence-electron chi connectivity index (χ0n) is 18.2. The van der Waals surface area contributed by atoms with Gasteiger partial charge in [-0.25, -0.2) is 9.78 Å². The number of alkyl carbamates (subject to hydrolysis) is 1. The number of aryl methyl sites for hydroxylation is 1. The van der Waals surface area contributed by atoms with Gasteiger partial charge < -0.3 is 19.7 Å².